The first-order valence-electron chi connectivity index (χ1n) is 7.14. The molecule has 0 radical (unpaired) electrons. The van der Waals surface area contributed by atoms with E-state index in [0.29, 0.717) is 38.7 Å². The van der Waals surface area contributed by atoms with E-state index in [4.69, 9.17) is 9.47 Å². The Kier molecular flexibility index (Phi) is 3.90. The van der Waals surface area contributed by atoms with E-state index in [0.717, 1.165) is 0 Å². The molecule has 2 aliphatic heterocycles. The van der Waals surface area contributed by atoms with Gasteiger partial charge in [0.05, 0.1) is 31.8 Å². The molecular formula is C14H20N2O4S. The first-order chi connectivity index (χ1) is 10.1. The molecule has 3 rings (SSSR count). The van der Waals surface area contributed by atoms with Gasteiger partial charge in [0.25, 0.3) is 0 Å². The van der Waals surface area contributed by atoms with Gasteiger partial charge in [-0.3, -0.25) is 4.98 Å². The SMILES string of the molecule is CCS(=O)(=O)N1C[C@@H]2COC[C@@]2(COc2cccnc2)C1. The summed E-state index contributed by atoms with van der Waals surface area (Å²) >= 11 is 0. The molecule has 116 valence electrons. The summed E-state index contributed by atoms with van der Waals surface area (Å²) in [6.07, 6.45) is 3.36. The van der Waals surface area contributed by atoms with Crippen molar-refractivity contribution in [1.82, 2.24) is 9.29 Å². The molecule has 0 amide bonds. The fourth-order valence-electron chi connectivity index (χ4n) is 3.04. The van der Waals surface area contributed by atoms with Crippen LogP contribution in [-0.4, -0.2) is 56.4 Å². The van der Waals surface area contributed by atoms with E-state index in [1.165, 1.54) is 0 Å². The molecule has 2 saturated heterocycles. The minimum atomic E-state index is -3.15. The van der Waals surface area contributed by atoms with Crippen LogP contribution in [0.4, 0.5) is 0 Å². The third kappa shape index (κ3) is 2.77. The summed E-state index contributed by atoms with van der Waals surface area (Å²) in [4.78, 5) is 4.02. The highest BCUT2D eigenvalue weighted by Crippen LogP contribution is 2.42. The quantitative estimate of drug-likeness (QED) is 0.803. The summed E-state index contributed by atoms with van der Waals surface area (Å²) in [5.74, 6) is 1.05. The summed E-state index contributed by atoms with van der Waals surface area (Å²) in [5, 5.41) is 0. The molecular weight excluding hydrogens is 292 g/mol. The first kappa shape index (κ1) is 14.7. The van der Waals surface area contributed by atoms with Crippen molar-refractivity contribution < 1.29 is 17.9 Å². The zero-order valence-corrected chi connectivity index (χ0v) is 12.9. The summed E-state index contributed by atoms with van der Waals surface area (Å²) in [5.41, 5.74) is -0.238. The standard InChI is InChI=1S/C14H20N2O4S/c1-2-21(17,18)16-7-12-8-19-10-14(12,9-16)11-20-13-4-3-5-15-6-13/h3-6,12H,2,7-11H2,1H3/t12-,14-/m1/s1. The fourth-order valence-corrected chi connectivity index (χ4v) is 4.27. The summed E-state index contributed by atoms with van der Waals surface area (Å²) in [6, 6.07) is 3.67. The van der Waals surface area contributed by atoms with E-state index in [-0.39, 0.29) is 17.1 Å². The molecule has 0 N–H and O–H groups in total. The summed E-state index contributed by atoms with van der Waals surface area (Å²) in [6.45, 7) is 4.30. The van der Waals surface area contributed by atoms with Gasteiger partial charge in [-0.1, -0.05) is 0 Å². The van der Waals surface area contributed by atoms with Crippen molar-refractivity contribution in [3.8, 4) is 5.75 Å². The molecule has 1 aromatic heterocycles. The van der Waals surface area contributed by atoms with Crippen LogP contribution < -0.4 is 4.74 Å². The highest BCUT2D eigenvalue weighted by molar-refractivity contribution is 7.89. The first-order valence-corrected chi connectivity index (χ1v) is 8.75. The minimum absolute atomic E-state index is 0.139. The smallest absolute Gasteiger partial charge is 0.213 e. The average molecular weight is 312 g/mol. The number of aromatic nitrogens is 1. The van der Waals surface area contributed by atoms with E-state index >= 15 is 0 Å². The maximum Gasteiger partial charge on any atom is 0.213 e. The number of hydrogen-bond donors (Lipinski definition) is 0. The third-order valence-corrected chi connectivity index (χ3v) is 6.20. The van der Waals surface area contributed by atoms with Gasteiger partial charge in [-0.15, -0.1) is 0 Å². The maximum absolute atomic E-state index is 12.1. The van der Waals surface area contributed by atoms with Gasteiger partial charge >= 0.3 is 0 Å². The molecule has 0 spiro atoms. The Morgan fingerprint density at radius 2 is 2.43 bits per heavy atom. The molecule has 0 bridgehead atoms. The molecule has 2 fully saturated rings. The molecule has 2 aliphatic rings. The van der Waals surface area contributed by atoms with Gasteiger partial charge in [0.1, 0.15) is 5.75 Å². The van der Waals surface area contributed by atoms with Gasteiger partial charge in [-0.05, 0) is 19.1 Å². The van der Waals surface area contributed by atoms with E-state index in [1.807, 2.05) is 12.1 Å². The minimum Gasteiger partial charge on any atom is -0.491 e. The van der Waals surface area contributed by atoms with Gasteiger partial charge in [0.15, 0.2) is 0 Å². The predicted octanol–water partition coefficient (Wildman–Crippen LogP) is 0.758. The number of sulfonamides is 1. The summed E-state index contributed by atoms with van der Waals surface area (Å²) in [7, 11) is -3.15. The second-order valence-corrected chi connectivity index (χ2v) is 8.00. The highest BCUT2D eigenvalue weighted by Gasteiger charge is 2.53. The van der Waals surface area contributed by atoms with E-state index in [1.54, 1.807) is 23.6 Å². The Balaban J connectivity index is 1.73. The van der Waals surface area contributed by atoms with Crippen molar-refractivity contribution in [3.63, 3.8) is 0 Å². The fraction of sp³-hybridized carbons (Fsp3) is 0.643. The van der Waals surface area contributed by atoms with Crippen LogP contribution in [0.1, 0.15) is 6.92 Å². The average Bonchev–Trinajstić information content (AvgIpc) is 3.04. The molecule has 21 heavy (non-hydrogen) atoms. The van der Waals surface area contributed by atoms with Gasteiger partial charge in [0.2, 0.25) is 10.0 Å². The Morgan fingerprint density at radius 1 is 1.57 bits per heavy atom. The van der Waals surface area contributed by atoms with Gasteiger partial charge < -0.3 is 9.47 Å². The van der Waals surface area contributed by atoms with Crippen LogP contribution in [0.2, 0.25) is 0 Å². The molecule has 0 aliphatic carbocycles. The normalized spacial score (nSPS) is 29.5. The van der Waals surface area contributed by atoms with Crippen LogP contribution in [0.15, 0.2) is 24.5 Å². The molecule has 1 aromatic rings. The lowest BCUT2D eigenvalue weighted by Gasteiger charge is -2.26. The van der Waals surface area contributed by atoms with E-state index in [2.05, 4.69) is 4.98 Å². The lowest BCUT2D eigenvalue weighted by Crippen LogP contribution is -2.38. The predicted molar refractivity (Wildman–Crippen MR) is 77.5 cm³/mol. The molecule has 6 nitrogen and oxygen atoms in total. The van der Waals surface area contributed by atoms with Crippen LogP contribution in [0.25, 0.3) is 0 Å². The van der Waals surface area contributed by atoms with Crippen LogP contribution >= 0.6 is 0 Å². The van der Waals surface area contributed by atoms with Crippen molar-refractivity contribution in [2.24, 2.45) is 11.3 Å². The van der Waals surface area contributed by atoms with Gasteiger partial charge in [-0.25, -0.2) is 12.7 Å². The Bertz CT molecular complexity index is 592. The van der Waals surface area contributed by atoms with Crippen molar-refractivity contribution in [2.45, 2.75) is 6.92 Å². The van der Waals surface area contributed by atoms with Crippen molar-refractivity contribution in [2.75, 3.05) is 38.7 Å². The number of pyridine rings is 1. The number of ether oxygens (including phenoxy) is 2. The Hall–Kier alpha value is -1.18. The van der Waals surface area contributed by atoms with Crippen LogP contribution in [-0.2, 0) is 14.8 Å². The van der Waals surface area contributed by atoms with Crippen LogP contribution in [0, 0.1) is 11.3 Å². The van der Waals surface area contributed by atoms with Crippen molar-refractivity contribution in [3.05, 3.63) is 24.5 Å². The van der Waals surface area contributed by atoms with Gasteiger partial charge in [0, 0.05) is 30.6 Å². The molecule has 0 aromatic carbocycles. The lowest BCUT2D eigenvalue weighted by molar-refractivity contribution is 0.101. The van der Waals surface area contributed by atoms with E-state index in [9.17, 15) is 8.42 Å². The molecule has 0 unspecified atom stereocenters. The number of fused-ring (bicyclic) bond motifs is 1. The zero-order chi connectivity index (χ0) is 14.9. The Morgan fingerprint density at radius 3 is 3.14 bits per heavy atom. The van der Waals surface area contributed by atoms with Crippen LogP contribution in [0.3, 0.4) is 0 Å². The van der Waals surface area contributed by atoms with E-state index < -0.39 is 10.0 Å². The molecule has 2 atom stereocenters. The Labute approximate surface area is 125 Å². The molecule has 0 saturated carbocycles. The number of hydrogen-bond acceptors (Lipinski definition) is 5. The molecule has 7 heteroatoms. The van der Waals surface area contributed by atoms with Crippen molar-refractivity contribution in [1.29, 1.82) is 0 Å². The lowest BCUT2D eigenvalue weighted by atomic mass is 9.82. The second kappa shape index (κ2) is 5.55. The third-order valence-electron chi connectivity index (χ3n) is 4.41. The molecule has 3 heterocycles. The number of rotatable bonds is 5. The zero-order valence-electron chi connectivity index (χ0n) is 12.1. The largest absolute Gasteiger partial charge is 0.491 e. The topological polar surface area (TPSA) is 68.7 Å². The maximum atomic E-state index is 12.1. The highest BCUT2D eigenvalue weighted by atomic mass is 32.2. The monoisotopic (exact) mass is 312 g/mol. The summed E-state index contributed by atoms with van der Waals surface area (Å²) < 4.78 is 37.2. The number of nitrogens with zero attached hydrogens (tertiary/aromatic N) is 2. The van der Waals surface area contributed by atoms with Crippen LogP contribution in [0.5, 0.6) is 5.75 Å². The second-order valence-electron chi connectivity index (χ2n) is 5.74. The van der Waals surface area contributed by atoms with Gasteiger partial charge in [-0.2, -0.15) is 0 Å². The van der Waals surface area contributed by atoms with Crippen molar-refractivity contribution >= 4 is 10.0 Å².